The summed E-state index contributed by atoms with van der Waals surface area (Å²) >= 11 is 7.68. The zero-order chi connectivity index (χ0) is 19.7. The van der Waals surface area contributed by atoms with Gasteiger partial charge in [-0.25, -0.2) is 4.98 Å². The molecule has 0 fully saturated rings. The van der Waals surface area contributed by atoms with Crippen LogP contribution in [0.15, 0.2) is 41.8 Å². The predicted octanol–water partition coefficient (Wildman–Crippen LogP) is 4.57. The number of fused-ring (bicyclic) bond motifs is 1. The lowest BCUT2D eigenvalue weighted by Gasteiger charge is -2.06. The zero-order valence-corrected chi connectivity index (χ0v) is 15.7. The molecule has 0 amide bonds. The Balaban J connectivity index is 1.44. The van der Waals surface area contributed by atoms with Gasteiger partial charge in [-0.3, -0.25) is 0 Å². The molecule has 1 aromatic carbocycles. The largest absolute Gasteiger partial charge is 0.453 e. The van der Waals surface area contributed by atoms with E-state index in [1.54, 1.807) is 6.07 Å². The van der Waals surface area contributed by atoms with Crippen molar-refractivity contribution in [2.75, 3.05) is 11.9 Å². The maximum absolute atomic E-state index is 12.9. The van der Waals surface area contributed by atoms with E-state index in [0.717, 1.165) is 16.3 Å². The van der Waals surface area contributed by atoms with Crippen LogP contribution in [0.4, 0.5) is 19.0 Å². The second kappa shape index (κ2) is 7.36. The first kappa shape index (κ1) is 18.6. The Kier molecular flexibility index (Phi) is 4.90. The molecule has 0 atom stereocenters. The van der Waals surface area contributed by atoms with Crippen LogP contribution in [0.2, 0.25) is 5.02 Å². The summed E-state index contributed by atoms with van der Waals surface area (Å²) in [5.74, 6) is -0.866. The molecule has 4 aromatic rings. The number of aromatic nitrogens is 5. The Hall–Kier alpha value is -2.72. The monoisotopic (exact) mass is 424 g/mol. The first-order chi connectivity index (χ1) is 13.4. The Bertz CT molecular complexity index is 1120. The van der Waals surface area contributed by atoms with Gasteiger partial charge in [-0.1, -0.05) is 29.8 Å². The summed E-state index contributed by atoms with van der Waals surface area (Å²) in [7, 11) is 0. The molecule has 0 aliphatic rings. The number of nitrogens with zero attached hydrogens (tertiary/aromatic N) is 5. The maximum Gasteiger partial charge on any atom is 0.453 e. The average molecular weight is 425 g/mol. The standard InChI is InChI=1S/C17H12ClF3N6S/c18-12-4-2-1-3-11(12)15-23-10(9-28-15)7-8-22-13-5-6-14-24-25-16(17(19,20)21)27(14)26-13/h1-6,9H,7-8H2,(H,22,26). The van der Waals surface area contributed by atoms with E-state index in [1.807, 2.05) is 29.6 Å². The van der Waals surface area contributed by atoms with Crippen LogP contribution >= 0.6 is 22.9 Å². The van der Waals surface area contributed by atoms with E-state index in [-0.39, 0.29) is 5.65 Å². The van der Waals surface area contributed by atoms with Crippen molar-refractivity contribution in [3.63, 3.8) is 0 Å². The first-order valence-electron chi connectivity index (χ1n) is 8.14. The van der Waals surface area contributed by atoms with Gasteiger partial charge in [0.15, 0.2) is 5.65 Å². The van der Waals surface area contributed by atoms with Gasteiger partial charge in [0.05, 0.1) is 10.7 Å². The molecule has 0 radical (unpaired) electrons. The highest BCUT2D eigenvalue weighted by Crippen LogP contribution is 2.30. The molecule has 3 aromatic heterocycles. The summed E-state index contributed by atoms with van der Waals surface area (Å²) in [6.07, 6.45) is -4.05. The van der Waals surface area contributed by atoms with Gasteiger partial charge in [0.25, 0.3) is 5.82 Å². The van der Waals surface area contributed by atoms with Crippen LogP contribution in [0.3, 0.4) is 0 Å². The van der Waals surface area contributed by atoms with E-state index in [0.29, 0.717) is 28.3 Å². The highest BCUT2D eigenvalue weighted by molar-refractivity contribution is 7.13. The van der Waals surface area contributed by atoms with Crippen LogP contribution in [0.5, 0.6) is 0 Å². The highest BCUT2D eigenvalue weighted by atomic mass is 35.5. The van der Waals surface area contributed by atoms with Crippen LogP contribution in [0, 0.1) is 0 Å². The number of anilines is 1. The number of nitrogens with one attached hydrogen (secondary N) is 1. The van der Waals surface area contributed by atoms with E-state index in [2.05, 4.69) is 25.6 Å². The number of rotatable bonds is 5. The van der Waals surface area contributed by atoms with Gasteiger partial charge in [-0.15, -0.1) is 26.6 Å². The summed E-state index contributed by atoms with van der Waals surface area (Å²) in [4.78, 5) is 4.56. The van der Waals surface area contributed by atoms with Crippen molar-refractivity contribution in [1.29, 1.82) is 0 Å². The Labute approximate surface area is 166 Å². The van der Waals surface area contributed by atoms with Gasteiger partial charge < -0.3 is 5.32 Å². The quantitative estimate of drug-likeness (QED) is 0.508. The highest BCUT2D eigenvalue weighted by Gasteiger charge is 2.37. The lowest BCUT2D eigenvalue weighted by Crippen LogP contribution is -2.14. The molecule has 0 bridgehead atoms. The summed E-state index contributed by atoms with van der Waals surface area (Å²) in [6.45, 7) is 0.452. The van der Waals surface area contributed by atoms with Crippen molar-refractivity contribution in [1.82, 2.24) is 24.8 Å². The Morgan fingerprint density at radius 1 is 1.11 bits per heavy atom. The Morgan fingerprint density at radius 2 is 1.93 bits per heavy atom. The molecule has 4 rings (SSSR count). The normalized spacial score (nSPS) is 11.9. The van der Waals surface area contributed by atoms with Crippen molar-refractivity contribution in [3.05, 3.63) is 58.3 Å². The fourth-order valence-corrected chi connectivity index (χ4v) is 3.73. The molecule has 0 aliphatic heterocycles. The van der Waals surface area contributed by atoms with E-state index in [1.165, 1.54) is 17.4 Å². The molecule has 6 nitrogen and oxygen atoms in total. The van der Waals surface area contributed by atoms with Gasteiger partial charge in [-0.05, 0) is 18.2 Å². The summed E-state index contributed by atoms with van der Waals surface area (Å²) in [5.41, 5.74) is 1.75. The molecule has 11 heteroatoms. The third-order valence-electron chi connectivity index (χ3n) is 3.86. The second-order valence-electron chi connectivity index (χ2n) is 5.81. The topological polar surface area (TPSA) is 68.0 Å². The van der Waals surface area contributed by atoms with Gasteiger partial charge in [0.2, 0.25) is 0 Å². The Morgan fingerprint density at radius 3 is 2.71 bits per heavy atom. The summed E-state index contributed by atoms with van der Waals surface area (Å²) in [6, 6.07) is 10.4. The lowest BCUT2D eigenvalue weighted by atomic mass is 10.2. The second-order valence-corrected chi connectivity index (χ2v) is 7.08. The number of hydrogen-bond acceptors (Lipinski definition) is 6. The first-order valence-corrected chi connectivity index (χ1v) is 9.40. The van der Waals surface area contributed by atoms with Gasteiger partial charge in [0, 0.05) is 23.9 Å². The molecule has 0 unspecified atom stereocenters. The van der Waals surface area contributed by atoms with Gasteiger partial charge >= 0.3 is 6.18 Å². The van der Waals surface area contributed by atoms with E-state index in [9.17, 15) is 13.2 Å². The van der Waals surface area contributed by atoms with Crippen LogP contribution < -0.4 is 5.32 Å². The molecule has 144 valence electrons. The molecule has 0 saturated heterocycles. The van der Waals surface area contributed by atoms with Crippen molar-refractivity contribution in [2.45, 2.75) is 12.6 Å². The minimum absolute atomic E-state index is 0.0294. The number of thiazole rings is 1. The lowest BCUT2D eigenvalue weighted by molar-refractivity contribution is -0.146. The van der Waals surface area contributed by atoms with E-state index in [4.69, 9.17) is 11.6 Å². The third-order valence-corrected chi connectivity index (χ3v) is 5.11. The minimum Gasteiger partial charge on any atom is -0.368 e. The smallest absolute Gasteiger partial charge is 0.368 e. The molecule has 1 N–H and O–H groups in total. The van der Waals surface area contributed by atoms with Crippen molar-refractivity contribution in [3.8, 4) is 10.6 Å². The number of hydrogen-bond donors (Lipinski definition) is 1. The van der Waals surface area contributed by atoms with Crippen molar-refractivity contribution < 1.29 is 13.2 Å². The maximum atomic E-state index is 12.9. The number of alkyl halides is 3. The molecule has 0 aliphatic carbocycles. The van der Waals surface area contributed by atoms with E-state index >= 15 is 0 Å². The SMILES string of the molecule is FC(F)(F)c1nnc2ccc(NCCc3csc(-c4ccccc4Cl)n3)nn12. The molecular weight excluding hydrogens is 413 g/mol. The van der Waals surface area contributed by atoms with Gasteiger partial charge in [0.1, 0.15) is 10.8 Å². The van der Waals surface area contributed by atoms with Crippen LogP contribution in [0.1, 0.15) is 11.5 Å². The molecule has 0 saturated carbocycles. The van der Waals surface area contributed by atoms with Crippen molar-refractivity contribution in [2.24, 2.45) is 0 Å². The fraction of sp³-hybridized carbons (Fsp3) is 0.176. The summed E-state index contributed by atoms with van der Waals surface area (Å²) < 4.78 is 39.5. The molecular formula is C17H12ClF3N6S. The predicted molar refractivity (Wildman–Crippen MR) is 101 cm³/mol. The van der Waals surface area contributed by atoms with Crippen LogP contribution in [0.25, 0.3) is 16.2 Å². The summed E-state index contributed by atoms with van der Waals surface area (Å²) in [5, 5.41) is 16.9. The molecule has 0 spiro atoms. The zero-order valence-electron chi connectivity index (χ0n) is 14.1. The van der Waals surface area contributed by atoms with Crippen LogP contribution in [-0.4, -0.2) is 31.3 Å². The van der Waals surface area contributed by atoms with Crippen LogP contribution in [-0.2, 0) is 12.6 Å². The average Bonchev–Trinajstić information content (AvgIpc) is 3.28. The molecule has 28 heavy (non-hydrogen) atoms. The van der Waals surface area contributed by atoms with Crippen molar-refractivity contribution >= 4 is 34.4 Å². The molecule has 3 heterocycles. The minimum atomic E-state index is -4.62. The van der Waals surface area contributed by atoms with Gasteiger partial charge in [-0.2, -0.15) is 17.7 Å². The fourth-order valence-electron chi connectivity index (χ4n) is 2.56. The third kappa shape index (κ3) is 3.78. The van der Waals surface area contributed by atoms with E-state index < -0.39 is 12.0 Å². The number of benzene rings is 1. The number of halogens is 4.